The molecule has 2 heterocycles. The predicted molar refractivity (Wildman–Crippen MR) is 125 cm³/mol. The molecule has 0 radical (unpaired) electrons. The van der Waals surface area contributed by atoms with Crippen LogP contribution in [-0.4, -0.2) is 24.2 Å². The van der Waals surface area contributed by atoms with Crippen molar-refractivity contribution in [2.24, 2.45) is 0 Å². The minimum absolute atomic E-state index is 0.172. The summed E-state index contributed by atoms with van der Waals surface area (Å²) in [7, 11) is 0. The minimum atomic E-state index is 0.172. The maximum atomic E-state index is 12.3. The lowest BCUT2D eigenvalue weighted by molar-refractivity contribution is -0.117. The number of hydrogen-bond donors (Lipinski definition) is 1. The van der Waals surface area contributed by atoms with Gasteiger partial charge in [0, 0.05) is 35.2 Å². The third-order valence-electron chi connectivity index (χ3n) is 6.77. The number of anilines is 2. The molecule has 2 fully saturated rings. The van der Waals surface area contributed by atoms with Crippen LogP contribution < -0.4 is 14.4 Å². The van der Waals surface area contributed by atoms with Crippen molar-refractivity contribution >= 4 is 29.4 Å². The van der Waals surface area contributed by atoms with Gasteiger partial charge in [-0.3, -0.25) is 4.79 Å². The fourth-order valence-corrected chi connectivity index (χ4v) is 5.72. The highest BCUT2D eigenvalue weighted by molar-refractivity contribution is 8.00. The molecule has 7 heteroatoms. The molecule has 1 aromatic heterocycles. The summed E-state index contributed by atoms with van der Waals surface area (Å²) in [5.74, 6) is 2.66. The van der Waals surface area contributed by atoms with Gasteiger partial charge in [0.15, 0.2) is 11.6 Å². The van der Waals surface area contributed by atoms with Crippen molar-refractivity contribution in [2.45, 2.75) is 49.3 Å². The molecule has 6 rings (SSSR count). The van der Waals surface area contributed by atoms with Crippen LogP contribution in [0.1, 0.15) is 43.7 Å². The SMILES string of the molecule is CCOc1ccccc1SNc1noc2c1CC1(CC1)c1ccc(N3CCCC3=O)cc1-2. The summed E-state index contributed by atoms with van der Waals surface area (Å²) in [5, 5.41) is 4.39. The number of nitrogens with one attached hydrogen (secondary N) is 1. The van der Waals surface area contributed by atoms with Crippen molar-refractivity contribution in [3.63, 3.8) is 0 Å². The molecule has 1 N–H and O–H groups in total. The number of fused-ring (bicyclic) bond motifs is 4. The van der Waals surface area contributed by atoms with Crippen LogP contribution >= 0.6 is 11.9 Å². The lowest BCUT2D eigenvalue weighted by Gasteiger charge is -2.26. The van der Waals surface area contributed by atoms with Gasteiger partial charge in [-0.25, -0.2) is 0 Å². The smallest absolute Gasteiger partial charge is 0.227 e. The summed E-state index contributed by atoms with van der Waals surface area (Å²) >= 11 is 1.49. The molecule has 1 aliphatic heterocycles. The second-order valence-corrected chi connectivity index (χ2v) is 9.61. The van der Waals surface area contributed by atoms with Crippen molar-refractivity contribution < 1.29 is 14.1 Å². The Balaban J connectivity index is 1.33. The highest BCUT2D eigenvalue weighted by Crippen LogP contribution is 2.59. The van der Waals surface area contributed by atoms with Gasteiger partial charge in [-0.1, -0.05) is 23.4 Å². The molecule has 0 bridgehead atoms. The van der Waals surface area contributed by atoms with E-state index in [2.05, 4.69) is 28.1 Å². The molecule has 3 aromatic rings. The van der Waals surface area contributed by atoms with Gasteiger partial charge in [-0.2, -0.15) is 0 Å². The zero-order valence-electron chi connectivity index (χ0n) is 18.0. The molecule has 164 valence electrons. The Kier molecular flexibility index (Phi) is 4.68. The molecule has 1 amide bonds. The zero-order chi connectivity index (χ0) is 21.7. The third-order valence-corrected chi connectivity index (χ3v) is 7.62. The molecule has 6 nitrogen and oxygen atoms in total. The van der Waals surface area contributed by atoms with Crippen LogP contribution in [0.5, 0.6) is 5.75 Å². The van der Waals surface area contributed by atoms with Gasteiger partial charge in [-0.15, -0.1) is 0 Å². The zero-order valence-corrected chi connectivity index (χ0v) is 18.8. The van der Waals surface area contributed by atoms with E-state index in [9.17, 15) is 4.79 Å². The van der Waals surface area contributed by atoms with E-state index in [0.717, 1.165) is 58.4 Å². The number of rotatable bonds is 6. The van der Waals surface area contributed by atoms with E-state index in [0.29, 0.717) is 13.0 Å². The van der Waals surface area contributed by atoms with Crippen LogP contribution in [0.15, 0.2) is 51.9 Å². The van der Waals surface area contributed by atoms with E-state index < -0.39 is 0 Å². The number of hydrogen-bond acceptors (Lipinski definition) is 6. The number of nitrogens with zero attached hydrogens (tertiary/aromatic N) is 2. The number of amides is 1. The van der Waals surface area contributed by atoms with E-state index in [1.165, 1.54) is 30.4 Å². The predicted octanol–water partition coefficient (Wildman–Crippen LogP) is 5.57. The Hall–Kier alpha value is -2.93. The molecule has 3 aliphatic rings. The Bertz CT molecular complexity index is 1200. The van der Waals surface area contributed by atoms with E-state index in [-0.39, 0.29) is 11.3 Å². The van der Waals surface area contributed by atoms with E-state index in [1.54, 1.807) is 0 Å². The summed E-state index contributed by atoms with van der Waals surface area (Å²) in [6.45, 7) is 3.40. The number of benzene rings is 2. The maximum absolute atomic E-state index is 12.3. The van der Waals surface area contributed by atoms with E-state index in [1.807, 2.05) is 36.1 Å². The van der Waals surface area contributed by atoms with Crippen molar-refractivity contribution in [2.75, 3.05) is 22.8 Å². The number of para-hydroxylation sites is 1. The average Bonchev–Trinajstić information content (AvgIpc) is 3.25. The van der Waals surface area contributed by atoms with Crippen molar-refractivity contribution in [3.8, 4) is 17.1 Å². The monoisotopic (exact) mass is 447 g/mol. The van der Waals surface area contributed by atoms with Gasteiger partial charge < -0.3 is 18.9 Å². The van der Waals surface area contributed by atoms with Crippen LogP contribution in [0.4, 0.5) is 11.5 Å². The normalized spacial score (nSPS) is 17.9. The Morgan fingerprint density at radius 2 is 2.12 bits per heavy atom. The molecule has 0 atom stereocenters. The fourth-order valence-electron chi connectivity index (χ4n) is 4.98. The summed E-state index contributed by atoms with van der Waals surface area (Å²) in [5.41, 5.74) is 4.67. The fraction of sp³-hybridized carbons (Fsp3) is 0.360. The quantitative estimate of drug-likeness (QED) is 0.498. The van der Waals surface area contributed by atoms with Crippen LogP contribution in [0.3, 0.4) is 0 Å². The summed E-state index contributed by atoms with van der Waals surface area (Å²) in [6.07, 6.45) is 4.82. The van der Waals surface area contributed by atoms with Crippen molar-refractivity contribution in [1.82, 2.24) is 5.16 Å². The third kappa shape index (κ3) is 3.18. The standard InChI is InChI=1S/C25H25N3O3S/c1-2-30-20-6-3-4-7-21(20)32-27-24-18-15-25(11-12-25)19-10-9-16(28-13-5-8-22(28)29)14-17(19)23(18)31-26-24/h3-4,6-7,9-10,14H,2,5,8,11-13,15H2,1H3,(H,26,27). The molecule has 1 saturated heterocycles. The number of carbonyl (C=O) groups excluding carboxylic acids is 1. The van der Waals surface area contributed by atoms with Crippen LogP contribution in [0.25, 0.3) is 11.3 Å². The molecule has 32 heavy (non-hydrogen) atoms. The summed E-state index contributed by atoms with van der Waals surface area (Å²) in [4.78, 5) is 15.2. The molecular weight excluding hydrogens is 422 g/mol. The van der Waals surface area contributed by atoms with E-state index >= 15 is 0 Å². The minimum Gasteiger partial charge on any atom is -0.493 e. The Morgan fingerprint density at radius 1 is 1.25 bits per heavy atom. The van der Waals surface area contributed by atoms with Crippen LogP contribution in [0, 0.1) is 0 Å². The van der Waals surface area contributed by atoms with E-state index in [4.69, 9.17) is 9.26 Å². The molecule has 2 aromatic carbocycles. The largest absolute Gasteiger partial charge is 0.493 e. The van der Waals surface area contributed by atoms with Crippen LogP contribution in [0.2, 0.25) is 0 Å². The first-order valence-corrected chi connectivity index (χ1v) is 12.1. The second-order valence-electron chi connectivity index (χ2n) is 8.76. The Morgan fingerprint density at radius 3 is 2.91 bits per heavy atom. The van der Waals surface area contributed by atoms with Gasteiger partial charge >= 0.3 is 0 Å². The highest BCUT2D eigenvalue weighted by atomic mass is 32.2. The first-order chi connectivity index (χ1) is 15.7. The topological polar surface area (TPSA) is 67.6 Å². The van der Waals surface area contributed by atoms with Gasteiger partial charge in [0.1, 0.15) is 5.75 Å². The molecule has 0 unspecified atom stereocenters. The van der Waals surface area contributed by atoms with Crippen molar-refractivity contribution in [1.29, 1.82) is 0 Å². The van der Waals surface area contributed by atoms with Gasteiger partial charge in [0.05, 0.1) is 11.5 Å². The molecule has 1 spiro atoms. The van der Waals surface area contributed by atoms with Crippen molar-refractivity contribution in [3.05, 3.63) is 53.6 Å². The number of aromatic nitrogens is 1. The van der Waals surface area contributed by atoms with Gasteiger partial charge in [0.25, 0.3) is 0 Å². The van der Waals surface area contributed by atoms with Gasteiger partial charge in [0.2, 0.25) is 5.91 Å². The van der Waals surface area contributed by atoms with Gasteiger partial charge in [-0.05, 0) is 74.4 Å². The first-order valence-electron chi connectivity index (χ1n) is 11.3. The average molecular weight is 448 g/mol. The number of carbonyl (C=O) groups is 1. The summed E-state index contributed by atoms with van der Waals surface area (Å²) < 4.78 is 15.0. The second kappa shape index (κ2) is 7.59. The molecule has 2 aliphatic carbocycles. The lowest BCUT2D eigenvalue weighted by Crippen LogP contribution is -2.24. The molecule has 1 saturated carbocycles. The first kappa shape index (κ1) is 19.7. The Labute approximate surface area is 191 Å². The van der Waals surface area contributed by atoms with Crippen LogP contribution in [-0.2, 0) is 16.6 Å². The maximum Gasteiger partial charge on any atom is 0.227 e. The number of ether oxygens (including phenoxy) is 1. The highest BCUT2D eigenvalue weighted by Gasteiger charge is 2.50. The molecular formula is C25H25N3O3S. The summed E-state index contributed by atoms with van der Waals surface area (Å²) in [6, 6.07) is 14.4. The lowest BCUT2D eigenvalue weighted by atomic mass is 9.79.